The van der Waals surface area contributed by atoms with Crippen LogP contribution < -0.4 is 0 Å². The first-order chi connectivity index (χ1) is 11.0. The maximum Gasteiger partial charge on any atom is 0.235 e. The van der Waals surface area contributed by atoms with Crippen LogP contribution in [0.25, 0.3) is 0 Å². The summed E-state index contributed by atoms with van der Waals surface area (Å²) in [4.78, 5) is 0. The Morgan fingerprint density at radius 2 is 1.74 bits per heavy atom. The molecule has 0 fully saturated rings. The van der Waals surface area contributed by atoms with E-state index in [2.05, 4.69) is 0 Å². The molecule has 1 atom stereocenters. The van der Waals surface area contributed by atoms with E-state index in [9.17, 15) is 4.57 Å². The number of hydrogen-bond donors (Lipinski definition) is 0. The van der Waals surface area contributed by atoms with Gasteiger partial charge in [0.2, 0.25) is 8.03 Å². The predicted octanol–water partition coefficient (Wildman–Crippen LogP) is 5.07. The summed E-state index contributed by atoms with van der Waals surface area (Å²) in [6.45, 7) is 6.78. The second-order valence-corrected chi connectivity index (χ2v) is 7.12. The summed E-state index contributed by atoms with van der Waals surface area (Å²) < 4.78 is 28.3. The van der Waals surface area contributed by atoms with Crippen LogP contribution in [-0.4, -0.2) is 25.2 Å². The lowest BCUT2D eigenvalue weighted by molar-refractivity contribution is -0.230. The van der Waals surface area contributed by atoms with Gasteiger partial charge in [-0.05, 0) is 37.6 Å². The molecule has 1 aromatic carbocycles. The Bertz CT molecular complexity index is 496. The lowest BCUT2D eigenvalue weighted by atomic mass is 10.0. The van der Waals surface area contributed by atoms with E-state index in [1.54, 1.807) is 6.08 Å². The summed E-state index contributed by atoms with van der Waals surface area (Å²) in [5, 5.41) is 0.699. The SMILES string of the molecule is CCOC(CC=CO[PH](=O)CC)(Cc1ccc(Cl)cc1)OCC. The smallest absolute Gasteiger partial charge is 0.235 e. The van der Waals surface area contributed by atoms with E-state index in [0.29, 0.717) is 37.2 Å². The maximum absolute atomic E-state index is 11.3. The molecule has 0 amide bonds. The van der Waals surface area contributed by atoms with E-state index in [0.717, 1.165) is 5.56 Å². The molecule has 6 heteroatoms. The highest BCUT2D eigenvalue weighted by Gasteiger charge is 2.30. The van der Waals surface area contributed by atoms with Gasteiger partial charge in [-0.15, -0.1) is 0 Å². The lowest BCUT2D eigenvalue weighted by Crippen LogP contribution is -2.38. The molecule has 0 aliphatic heterocycles. The van der Waals surface area contributed by atoms with Gasteiger partial charge >= 0.3 is 0 Å². The van der Waals surface area contributed by atoms with E-state index in [1.807, 2.05) is 45.0 Å². The molecular formula is C17H26ClO4P. The zero-order valence-electron chi connectivity index (χ0n) is 14.0. The molecule has 0 aromatic heterocycles. The van der Waals surface area contributed by atoms with Crippen LogP contribution in [0.5, 0.6) is 0 Å². The van der Waals surface area contributed by atoms with Gasteiger partial charge in [-0.2, -0.15) is 0 Å². The third-order valence-electron chi connectivity index (χ3n) is 3.21. The van der Waals surface area contributed by atoms with Gasteiger partial charge in [0.1, 0.15) is 0 Å². The molecule has 0 aliphatic carbocycles. The van der Waals surface area contributed by atoms with Crippen molar-refractivity contribution in [1.29, 1.82) is 0 Å². The molecular weight excluding hydrogens is 335 g/mol. The molecule has 0 saturated carbocycles. The molecule has 1 rings (SSSR count). The van der Waals surface area contributed by atoms with Crippen molar-refractivity contribution in [2.24, 2.45) is 0 Å². The third-order valence-corrected chi connectivity index (χ3v) is 4.44. The highest BCUT2D eigenvalue weighted by molar-refractivity contribution is 7.39. The number of hydrogen-bond acceptors (Lipinski definition) is 4. The predicted molar refractivity (Wildman–Crippen MR) is 95.5 cm³/mol. The summed E-state index contributed by atoms with van der Waals surface area (Å²) in [6.07, 6.45) is 4.93. The summed E-state index contributed by atoms with van der Waals surface area (Å²) in [6, 6.07) is 7.63. The Morgan fingerprint density at radius 1 is 1.13 bits per heavy atom. The van der Waals surface area contributed by atoms with Gasteiger partial charge in [0.25, 0.3) is 0 Å². The molecule has 0 N–H and O–H groups in total. The number of benzene rings is 1. The molecule has 0 heterocycles. The molecule has 0 saturated heterocycles. The first kappa shape index (κ1) is 20.2. The van der Waals surface area contributed by atoms with Crippen LogP contribution in [0.1, 0.15) is 32.8 Å². The van der Waals surface area contributed by atoms with Crippen molar-refractivity contribution in [2.75, 3.05) is 19.4 Å². The number of ether oxygens (including phenoxy) is 2. The molecule has 0 spiro atoms. The number of rotatable bonds is 11. The van der Waals surface area contributed by atoms with Gasteiger partial charge in [0.05, 0.1) is 6.26 Å². The average molecular weight is 361 g/mol. The standard InChI is InChI=1S/C17H26ClO4P/c1-4-20-17(21-5-2,12-7-13-22-23(19)6-3)14-15-8-10-16(18)11-9-15/h7-11,13,23H,4-6,12,14H2,1-3H3. The van der Waals surface area contributed by atoms with Crippen molar-refractivity contribution in [1.82, 2.24) is 0 Å². The van der Waals surface area contributed by atoms with Gasteiger partial charge < -0.3 is 14.0 Å². The molecule has 130 valence electrons. The molecule has 4 nitrogen and oxygen atoms in total. The van der Waals surface area contributed by atoms with Crippen molar-refractivity contribution in [3.05, 3.63) is 47.2 Å². The van der Waals surface area contributed by atoms with Gasteiger partial charge in [0, 0.05) is 37.2 Å². The fraction of sp³-hybridized carbons (Fsp3) is 0.529. The highest BCUT2D eigenvalue weighted by atomic mass is 35.5. The molecule has 1 aromatic rings. The van der Waals surface area contributed by atoms with Crippen LogP contribution in [0.3, 0.4) is 0 Å². The maximum atomic E-state index is 11.3. The number of halogens is 1. The van der Waals surface area contributed by atoms with Gasteiger partial charge in [-0.1, -0.05) is 30.7 Å². The summed E-state index contributed by atoms with van der Waals surface area (Å²) in [7, 11) is -1.97. The summed E-state index contributed by atoms with van der Waals surface area (Å²) >= 11 is 5.93. The lowest BCUT2D eigenvalue weighted by Gasteiger charge is -2.32. The van der Waals surface area contributed by atoms with Crippen molar-refractivity contribution >= 4 is 19.6 Å². The fourth-order valence-electron chi connectivity index (χ4n) is 2.21. The van der Waals surface area contributed by atoms with Crippen LogP contribution in [-0.2, 0) is 25.0 Å². The molecule has 1 unspecified atom stereocenters. The largest absolute Gasteiger partial charge is 0.453 e. The van der Waals surface area contributed by atoms with Crippen LogP contribution in [0, 0.1) is 0 Å². The Kier molecular flexibility index (Phi) is 9.57. The van der Waals surface area contributed by atoms with E-state index < -0.39 is 13.8 Å². The second-order valence-electron chi connectivity index (χ2n) is 5.00. The molecule has 23 heavy (non-hydrogen) atoms. The average Bonchev–Trinajstić information content (AvgIpc) is 2.54. The monoisotopic (exact) mass is 360 g/mol. The minimum atomic E-state index is -1.97. The third kappa shape index (κ3) is 7.54. The highest BCUT2D eigenvalue weighted by Crippen LogP contribution is 2.27. The van der Waals surface area contributed by atoms with Crippen LogP contribution in [0.4, 0.5) is 0 Å². The van der Waals surface area contributed by atoms with Gasteiger partial charge in [-0.25, -0.2) is 0 Å². The molecule has 0 bridgehead atoms. The van der Waals surface area contributed by atoms with Crippen LogP contribution in [0.15, 0.2) is 36.6 Å². The Labute approximate surface area is 144 Å². The Morgan fingerprint density at radius 3 is 2.26 bits per heavy atom. The minimum absolute atomic E-state index is 0.510. The first-order valence-electron chi connectivity index (χ1n) is 7.92. The topological polar surface area (TPSA) is 44.8 Å². The van der Waals surface area contributed by atoms with Gasteiger partial charge in [-0.3, -0.25) is 4.57 Å². The first-order valence-corrected chi connectivity index (χ1v) is 9.82. The zero-order valence-corrected chi connectivity index (χ0v) is 15.8. The van der Waals surface area contributed by atoms with Crippen molar-refractivity contribution in [3.8, 4) is 0 Å². The summed E-state index contributed by atoms with van der Waals surface area (Å²) in [5.74, 6) is -0.765. The molecule has 0 radical (unpaired) electrons. The Balaban J connectivity index is 2.82. The van der Waals surface area contributed by atoms with E-state index in [-0.39, 0.29) is 0 Å². The van der Waals surface area contributed by atoms with Crippen LogP contribution in [0.2, 0.25) is 5.02 Å². The summed E-state index contributed by atoms with van der Waals surface area (Å²) in [5.41, 5.74) is 1.08. The van der Waals surface area contributed by atoms with E-state index in [1.165, 1.54) is 6.26 Å². The zero-order chi connectivity index (χ0) is 17.1. The quantitative estimate of drug-likeness (QED) is 0.314. The van der Waals surface area contributed by atoms with Crippen LogP contribution >= 0.6 is 19.6 Å². The van der Waals surface area contributed by atoms with E-state index >= 15 is 0 Å². The van der Waals surface area contributed by atoms with Crippen molar-refractivity contribution < 1.29 is 18.6 Å². The van der Waals surface area contributed by atoms with Crippen molar-refractivity contribution in [2.45, 2.75) is 39.4 Å². The van der Waals surface area contributed by atoms with Gasteiger partial charge in [0.15, 0.2) is 5.79 Å². The van der Waals surface area contributed by atoms with Crippen molar-refractivity contribution in [3.63, 3.8) is 0 Å². The normalized spacial score (nSPS) is 13.4. The molecule has 0 aliphatic rings. The minimum Gasteiger partial charge on any atom is -0.453 e. The second kappa shape index (κ2) is 10.9. The fourth-order valence-corrected chi connectivity index (χ4v) is 2.75. The Hall–Kier alpha value is -0.800. The van der Waals surface area contributed by atoms with E-state index in [4.69, 9.17) is 25.6 Å².